The van der Waals surface area contributed by atoms with Crippen LogP contribution in [0, 0.1) is 0 Å². The molecule has 0 radical (unpaired) electrons. The zero-order valence-electron chi connectivity index (χ0n) is 19.0. The largest absolute Gasteiger partial charge is 0.457 e. The zero-order valence-corrected chi connectivity index (χ0v) is 19.0. The maximum atomic E-state index is 6.24. The molecule has 5 nitrogen and oxygen atoms in total. The molecule has 6 rings (SSSR count). The van der Waals surface area contributed by atoms with Gasteiger partial charge >= 0.3 is 0 Å². The molecule has 3 aromatic carbocycles. The fourth-order valence-corrected chi connectivity index (χ4v) is 4.38. The predicted molar refractivity (Wildman–Crippen MR) is 135 cm³/mol. The van der Waals surface area contributed by atoms with E-state index in [-0.39, 0.29) is 0 Å². The molecule has 0 atom stereocenters. The van der Waals surface area contributed by atoms with E-state index in [0.717, 1.165) is 22.2 Å². The summed E-state index contributed by atoms with van der Waals surface area (Å²) < 4.78 is 14.4. The Morgan fingerprint density at radius 1 is 0.676 bits per heavy atom. The van der Waals surface area contributed by atoms with E-state index in [1.807, 2.05) is 54.7 Å². The molecular formula is C29H23N3O2. The first-order valence-electron chi connectivity index (χ1n) is 11.4. The second-order valence-corrected chi connectivity index (χ2v) is 8.57. The smallest absolute Gasteiger partial charge is 0.219 e. The van der Waals surface area contributed by atoms with Crippen LogP contribution in [-0.4, -0.2) is 14.4 Å². The Morgan fingerprint density at radius 2 is 1.47 bits per heavy atom. The van der Waals surface area contributed by atoms with E-state index < -0.39 is 0 Å². The average molecular weight is 446 g/mol. The molecule has 0 saturated carbocycles. The first-order valence-corrected chi connectivity index (χ1v) is 11.4. The topological polar surface area (TPSA) is 48.7 Å². The molecule has 0 saturated heterocycles. The van der Waals surface area contributed by atoms with Gasteiger partial charge in [0.1, 0.15) is 22.9 Å². The first kappa shape index (κ1) is 20.2. The molecule has 34 heavy (non-hydrogen) atoms. The summed E-state index contributed by atoms with van der Waals surface area (Å²) in [6.07, 6.45) is 3.69. The number of aromatic nitrogens is 3. The van der Waals surface area contributed by atoms with Crippen molar-refractivity contribution in [3.8, 4) is 23.1 Å². The van der Waals surface area contributed by atoms with E-state index in [0.29, 0.717) is 23.3 Å². The van der Waals surface area contributed by atoms with Crippen molar-refractivity contribution in [2.45, 2.75) is 19.8 Å². The Labute approximate surface area is 197 Å². The molecule has 0 spiro atoms. The molecule has 0 unspecified atom stereocenters. The summed E-state index contributed by atoms with van der Waals surface area (Å²) in [4.78, 5) is 9.03. The minimum atomic E-state index is 0.358. The van der Waals surface area contributed by atoms with Gasteiger partial charge in [0.15, 0.2) is 0 Å². The van der Waals surface area contributed by atoms with Gasteiger partial charge < -0.3 is 9.47 Å². The highest BCUT2D eigenvalue weighted by atomic mass is 16.5. The number of ether oxygens (including phenoxy) is 2. The molecule has 3 aromatic heterocycles. The second-order valence-electron chi connectivity index (χ2n) is 8.57. The van der Waals surface area contributed by atoms with Crippen LogP contribution in [0.3, 0.4) is 0 Å². The molecule has 0 aliphatic heterocycles. The fraction of sp³-hybridized carbons (Fsp3) is 0.103. The normalized spacial score (nSPS) is 11.5. The SMILES string of the molecule is CC(C)c1cnc2c3cc(Oc4cccc(Oc5ccccn5)c4)ccc3c3ccccc3n12. The molecule has 6 aromatic rings. The Kier molecular flexibility index (Phi) is 4.88. The van der Waals surface area contributed by atoms with Gasteiger partial charge in [-0.05, 0) is 53.8 Å². The lowest BCUT2D eigenvalue weighted by atomic mass is 10.0. The summed E-state index contributed by atoms with van der Waals surface area (Å²) in [5, 5.41) is 3.41. The first-order chi connectivity index (χ1) is 16.7. The summed E-state index contributed by atoms with van der Waals surface area (Å²) in [5.41, 5.74) is 3.30. The van der Waals surface area contributed by atoms with Crippen molar-refractivity contribution < 1.29 is 9.47 Å². The van der Waals surface area contributed by atoms with Gasteiger partial charge in [-0.25, -0.2) is 9.97 Å². The van der Waals surface area contributed by atoms with Crippen molar-refractivity contribution in [3.05, 3.63) is 103 Å². The third-order valence-corrected chi connectivity index (χ3v) is 5.95. The second kappa shape index (κ2) is 8.19. The minimum absolute atomic E-state index is 0.358. The van der Waals surface area contributed by atoms with Crippen LogP contribution >= 0.6 is 0 Å². The van der Waals surface area contributed by atoms with Crippen LogP contribution in [0.2, 0.25) is 0 Å². The van der Waals surface area contributed by atoms with Gasteiger partial charge in [0.25, 0.3) is 0 Å². The molecule has 3 heterocycles. The highest BCUT2D eigenvalue weighted by Crippen LogP contribution is 2.35. The molecule has 166 valence electrons. The Balaban J connectivity index is 1.43. The lowest BCUT2D eigenvalue weighted by Crippen LogP contribution is -1.98. The fourth-order valence-electron chi connectivity index (χ4n) is 4.38. The average Bonchev–Trinajstić information content (AvgIpc) is 3.31. The Hall–Kier alpha value is -4.38. The lowest BCUT2D eigenvalue weighted by molar-refractivity contribution is 0.449. The van der Waals surface area contributed by atoms with Crippen LogP contribution in [0.1, 0.15) is 25.5 Å². The Bertz CT molecular complexity index is 1640. The number of nitrogens with zero attached hydrogens (tertiary/aromatic N) is 3. The summed E-state index contributed by atoms with van der Waals surface area (Å²) in [6, 6.07) is 27.8. The van der Waals surface area contributed by atoms with Crippen molar-refractivity contribution >= 4 is 27.3 Å². The third kappa shape index (κ3) is 3.52. The zero-order chi connectivity index (χ0) is 23.1. The summed E-state index contributed by atoms with van der Waals surface area (Å²) in [5.74, 6) is 3.00. The van der Waals surface area contributed by atoms with Gasteiger partial charge in [-0.15, -0.1) is 0 Å². The number of para-hydroxylation sites is 1. The van der Waals surface area contributed by atoms with Gasteiger partial charge in [-0.2, -0.15) is 0 Å². The van der Waals surface area contributed by atoms with Crippen LogP contribution in [0.25, 0.3) is 27.3 Å². The molecule has 0 fully saturated rings. The van der Waals surface area contributed by atoms with Crippen LogP contribution in [0.4, 0.5) is 0 Å². The van der Waals surface area contributed by atoms with Crippen molar-refractivity contribution in [1.82, 2.24) is 14.4 Å². The number of hydrogen-bond donors (Lipinski definition) is 0. The van der Waals surface area contributed by atoms with E-state index in [1.54, 1.807) is 6.20 Å². The number of hydrogen-bond acceptors (Lipinski definition) is 4. The molecular weight excluding hydrogens is 422 g/mol. The molecule has 0 amide bonds. The highest BCUT2D eigenvalue weighted by Gasteiger charge is 2.15. The number of fused-ring (bicyclic) bond motifs is 6. The van der Waals surface area contributed by atoms with Gasteiger partial charge in [0.2, 0.25) is 5.88 Å². The van der Waals surface area contributed by atoms with Crippen LogP contribution in [0.5, 0.6) is 23.1 Å². The monoisotopic (exact) mass is 445 g/mol. The number of pyridine rings is 2. The van der Waals surface area contributed by atoms with Crippen LogP contribution in [-0.2, 0) is 0 Å². The molecule has 0 aliphatic carbocycles. The molecule has 0 N–H and O–H groups in total. The molecule has 0 aliphatic rings. The van der Waals surface area contributed by atoms with E-state index in [2.05, 4.69) is 59.6 Å². The van der Waals surface area contributed by atoms with Crippen molar-refractivity contribution in [1.29, 1.82) is 0 Å². The third-order valence-electron chi connectivity index (χ3n) is 5.95. The summed E-state index contributed by atoms with van der Waals surface area (Å²) >= 11 is 0. The van der Waals surface area contributed by atoms with Crippen LogP contribution in [0.15, 0.2) is 97.3 Å². The van der Waals surface area contributed by atoms with Crippen molar-refractivity contribution in [3.63, 3.8) is 0 Å². The maximum Gasteiger partial charge on any atom is 0.219 e. The van der Waals surface area contributed by atoms with E-state index in [4.69, 9.17) is 14.5 Å². The molecule has 0 bridgehead atoms. The quantitative estimate of drug-likeness (QED) is 0.255. The van der Waals surface area contributed by atoms with E-state index in [9.17, 15) is 0 Å². The highest BCUT2D eigenvalue weighted by molar-refractivity contribution is 6.12. The summed E-state index contributed by atoms with van der Waals surface area (Å²) in [7, 11) is 0. The number of benzene rings is 3. The standard InChI is InChI=1S/C29H23N3O2/c1-19(2)27-18-31-29-25-17-22(13-14-23(25)24-10-3-4-11-26(24)32(27)29)33-20-8-7-9-21(16-20)34-28-12-5-6-15-30-28/h3-19H,1-2H3. The number of rotatable bonds is 5. The van der Waals surface area contributed by atoms with E-state index in [1.165, 1.54) is 16.6 Å². The van der Waals surface area contributed by atoms with E-state index >= 15 is 0 Å². The van der Waals surface area contributed by atoms with Gasteiger partial charge in [-0.3, -0.25) is 4.40 Å². The van der Waals surface area contributed by atoms with Gasteiger partial charge in [0, 0.05) is 41.0 Å². The maximum absolute atomic E-state index is 6.24. The Morgan fingerprint density at radius 3 is 2.29 bits per heavy atom. The van der Waals surface area contributed by atoms with Crippen molar-refractivity contribution in [2.75, 3.05) is 0 Å². The number of imidazole rings is 1. The predicted octanol–water partition coefficient (Wildman–Crippen LogP) is 7.74. The van der Waals surface area contributed by atoms with Gasteiger partial charge in [-0.1, -0.05) is 44.2 Å². The van der Waals surface area contributed by atoms with Crippen LogP contribution < -0.4 is 9.47 Å². The van der Waals surface area contributed by atoms with Crippen molar-refractivity contribution in [2.24, 2.45) is 0 Å². The minimum Gasteiger partial charge on any atom is -0.457 e. The lowest BCUT2D eigenvalue weighted by Gasteiger charge is -2.13. The summed E-state index contributed by atoms with van der Waals surface area (Å²) in [6.45, 7) is 4.39. The van der Waals surface area contributed by atoms with Gasteiger partial charge in [0.05, 0.1) is 5.52 Å². The molecule has 5 heteroatoms.